The number of para-hydroxylation sites is 3. The highest BCUT2D eigenvalue weighted by Gasteiger charge is 2.42. The summed E-state index contributed by atoms with van der Waals surface area (Å²) < 4.78 is 0. The number of phenols is 1. The number of benzene rings is 4. The van der Waals surface area contributed by atoms with Crippen molar-refractivity contribution in [2.75, 3.05) is 19.6 Å². The summed E-state index contributed by atoms with van der Waals surface area (Å²) in [6, 6.07) is 11.3. The number of carboxylic acid groups (broad SMARTS) is 2. The molecule has 0 saturated carbocycles. The Morgan fingerprint density at radius 3 is 1.53 bits per heavy atom. The van der Waals surface area contributed by atoms with Gasteiger partial charge in [-0.2, -0.15) is 0 Å². The van der Waals surface area contributed by atoms with E-state index in [0.29, 0.717) is 50.6 Å². The summed E-state index contributed by atoms with van der Waals surface area (Å²) >= 11 is 0. The molecule has 8 aromatic rings. The molecule has 36 heteroatoms. The summed E-state index contributed by atoms with van der Waals surface area (Å²) in [7, 11) is 0. The quantitative estimate of drug-likeness (QED) is 0.0219. The summed E-state index contributed by atoms with van der Waals surface area (Å²) in [5, 5.41) is 57.3. The summed E-state index contributed by atoms with van der Waals surface area (Å²) in [5.41, 5.74) is 23.0. The molecule has 1 aliphatic heterocycles. The van der Waals surface area contributed by atoms with E-state index >= 15 is 14.4 Å². The topological polar surface area (TPSA) is 577 Å². The second-order valence-electron chi connectivity index (χ2n) is 29.2. The van der Waals surface area contributed by atoms with Crippen molar-refractivity contribution in [3.05, 3.63) is 156 Å². The molecule has 0 radical (unpaired) electrons. The number of aromatic nitrogens is 5. The van der Waals surface area contributed by atoms with E-state index in [1.807, 2.05) is 24.3 Å². The van der Waals surface area contributed by atoms with Gasteiger partial charge in [0.05, 0.1) is 31.8 Å². The summed E-state index contributed by atoms with van der Waals surface area (Å²) in [6.45, 7) is 5.61. The maximum absolute atomic E-state index is 15.2. The zero-order valence-corrected chi connectivity index (χ0v) is 63.9. The number of hydrogen-bond donors (Lipinski definition) is 20. The number of fused-ring (bicyclic) bond motifs is 3. The van der Waals surface area contributed by atoms with Gasteiger partial charge in [0.25, 0.3) is 0 Å². The maximum atomic E-state index is 15.2. The van der Waals surface area contributed by atoms with E-state index in [-0.39, 0.29) is 76.6 Å². The van der Waals surface area contributed by atoms with E-state index in [2.05, 4.69) is 78.1 Å². The van der Waals surface area contributed by atoms with Gasteiger partial charge in [0, 0.05) is 95.4 Å². The van der Waals surface area contributed by atoms with E-state index in [0.717, 1.165) is 16.5 Å². The van der Waals surface area contributed by atoms with E-state index < -0.39 is 181 Å². The van der Waals surface area contributed by atoms with Crippen LogP contribution < -0.4 is 70.4 Å². The third-order valence-electron chi connectivity index (χ3n) is 19.9. The number of aliphatic carboxylic acids is 2. The van der Waals surface area contributed by atoms with E-state index in [9.17, 15) is 68.1 Å². The van der Waals surface area contributed by atoms with Crippen LogP contribution in [-0.4, -0.2) is 214 Å². The predicted octanol–water partition coefficient (Wildman–Crippen LogP) is -0.254. The number of amides is 12. The van der Waals surface area contributed by atoms with Gasteiger partial charge in [-0.3, -0.25) is 62.3 Å². The molecule has 0 bridgehead atoms. The fourth-order valence-corrected chi connectivity index (χ4v) is 13.8. The highest BCUT2D eigenvalue weighted by molar-refractivity contribution is 6.01. The highest BCUT2D eigenvalue weighted by atomic mass is 16.4. The number of carboxylic acids is 2. The molecule has 23 N–H and O–H groups in total. The Balaban J connectivity index is 0.913. The molecule has 1 aliphatic rings. The Morgan fingerprint density at radius 2 is 1.00 bits per heavy atom. The molecule has 0 aliphatic carbocycles. The number of hydrogen-bond acceptors (Lipinski definition) is 18. The molecule has 12 amide bonds. The second kappa shape index (κ2) is 40.5. The standard InChI is InChI=1S/C79H99N19O17/c1-41(2)67(76(111)95-62(79(114)115)34-66(102)103)97-77(112)68(42(3)4)96-75(110)63-21-13-27-98(63)78(113)61(28-43-22-24-48(99)25-23-43)94-71(106)56(20-11-12-26-80)90-72(107)57(30-45-36-85-54-18-9-6-15-50(45)54)89-65(101)39-87-70(105)60(33-64(82)100)93-73(108)58(31-46-37-86-55-19-10-7-16-51(46)55)92-74(109)59(32-47-38-83-40-88-47)91-69(104)52(81)29-44-35-84-53-17-8-5-14-49(44)53/h5-10,14-19,22-25,35-38,40-42,52,56-63,67-68,84-86,99H,11-13,20-21,26-34,39,80-81H2,1-4H3,(H2,82,100)(H,83,88)(H,87,105)(H,89,101)(H,90,107)(H,91,104)(H,92,109)(H,93,108)(H,94,106)(H,95,111)(H,96,110)(H,97,112)(H,102,103)(H,114,115)/t52-,56-,57-,58-,59-,60-,61-,62-,63-,67-,68-/m0/s1. The molecule has 0 unspecified atom stereocenters. The Labute approximate surface area is 659 Å². The Morgan fingerprint density at radius 1 is 0.513 bits per heavy atom. The van der Waals surface area contributed by atoms with Gasteiger partial charge >= 0.3 is 11.9 Å². The number of primary amides is 1. The number of carbonyl (C=O) groups is 14. The third kappa shape index (κ3) is 23.8. The summed E-state index contributed by atoms with van der Waals surface area (Å²) in [6.07, 6.45) is 6.24. The SMILES string of the molecule is CC(C)[C@H](NC(=O)[C@@H](NC(=O)[C@@H]1CCCN1C(=O)[C@H](Cc1ccc(O)cc1)NC(=O)[C@H](CCCCN)NC(=O)[C@H](Cc1c[nH]c2ccccc12)NC(=O)CNC(=O)[C@H](CC(N)=O)NC(=O)[C@H](Cc1c[nH]c2ccccc12)NC(=O)[C@H](Cc1cnc[nH]1)NC(=O)[C@@H](N)Cc1c[nH]c2ccccc12)C(C)C)C(=O)N[C@@H](CC(=O)O)C(=O)O. The zero-order chi connectivity index (χ0) is 83.2. The first-order valence-electron chi connectivity index (χ1n) is 37.8. The number of nitrogens with zero attached hydrogens (tertiary/aromatic N) is 2. The van der Waals surface area contributed by atoms with E-state index in [1.165, 1.54) is 41.7 Å². The van der Waals surface area contributed by atoms with Crippen molar-refractivity contribution in [2.24, 2.45) is 29.0 Å². The van der Waals surface area contributed by atoms with E-state index in [1.54, 1.807) is 94.8 Å². The van der Waals surface area contributed by atoms with Crippen molar-refractivity contribution in [3.8, 4) is 5.75 Å². The molecule has 9 rings (SSSR count). The molecular formula is C79H99N19O17. The number of nitrogens with two attached hydrogens (primary N) is 3. The van der Waals surface area contributed by atoms with Gasteiger partial charge in [0.1, 0.15) is 66.2 Å². The monoisotopic (exact) mass is 1590 g/mol. The van der Waals surface area contributed by atoms with Gasteiger partial charge in [-0.15, -0.1) is 0 Å². The lowest BCUT2D eigenvalue weighted by Gasteiger charge is -2.32. The molecule has 612 valence electrons. The summed E-state index contributed by atoms with van der Waals surface area (Å²) in [5.74, 6) is -15.4. The van der Waals surface area contributed by atoms with Crippen LogP contribution in [0.5, 0.6) is 5.75 Å². The Bertz CT molecular complexity index is 4800. The van der Waals surface area contributed by atoms with Gasteiger partial charge in [0.15, 0.2) is 0 Å². The smallest absolute Gasteiger partial charge is 0.326 e. The van der Waals surface area contributed by atoms with Crippen molar-refractivity contribution in [2.45, 2.75) is 171 Å². The van der Waals surface area contributed by atoms with Crippen LogP contribution in [0.15, 0.2) is 128 Å². The largest absolute Gasteiger partial charge is 0.508 e. The predicted molar refractivity (Wildman–Crippen MR) is 419 cm³/mol. The lowest BCUT2D eigenvalue weighted by Crippen LogP contribution is -2.61. The minimum atomic E-state index is -1.83. The first-order valence-corrected chi connectivity index (χ1v) is 37.8. The number of imidazole rings is 1. The van der Waals surface area contributed by atoms with Crippen LogP contribution in [0, 0.1) is 11.8 Å². The molecule has 4 aromatic carbocycles. The van der Waals surface area contributed by atoms with Gasteiger partial charge < -0.3 is 111 Å². The number of likely N-dealkylation sites (tertiary alicyclic amines) is 1. The molecule has 1 fully saturated rings. The molecule has 11 atom stereocenters. The Hall–Kier alpha value is -13.0. The fraction of sp³-hybridized carbons (Fsp3) is 0.405. The van der Waals surface area contributed by atoms with Crippen LogP contribution in [0.25, 0.3) is 32.7 Å². The van der Waals surface area contributed by atoms with Crippen molar-refractivity contribution in [3.63, 3.8) is 0 Å². The lowest BCUT2D eigenvalue weighted by molar-refractivity contribution is -0.147. The zero-order valence-electron chi connectivity index (χ0n) is 63.9. The van der Waals surface area contributed by atoms with Crippen LogP contribution in [0.4, 0.5) is 0 Å². The molecule has 4 aromatic heterocycles. The number of nitrogens with one attached hydrogen (secondary N) is 14. The normalized spacial score (nSPS) is 15.3. The number of rotatable bonds is 42. The van der Waals surface area contributed by atoms with Gasteiger partial charge in [-0.1, -0.05) is 94.4 Å². The van der Waals surface area contributed by atoms with Crippen LogP contribution in [0.2, 0.25) is 0 Å². The molecule has 0 spiro atoms. The number of H-pyrrole nitrogens is 4. The minimum Gasteiger partial charge on any atom is -0.508 e. The van der Waals surface area contributed by atoms with Crippen LogP contribution in [0.3, 0.4) is 0 Å². The number of carbonyl (C=O) groups excluding carboxylic acids is 12. The number of aromatic hydroxyl groups is 1. The minimum absolute atomic E-state index is 0.00311. The van der Waals surface area contributed by atoms with Crippen molar-refractivity contribution >= 4 is 116 Å². The van der Waals surface area contributed by atoms with Crippen LogP contribution in [-0.2, 0) is 99.2 Å². The number of aromatic amines is 4. The fourth-order valence-electron chi connectivity index (χ4n) is 13.8. The Kier molecular flexibility index (Phi) is 30.3. The van der Waals surface area contributed by atoms with E-state index in [4.69, 9.17) is 17.2 Å². The maximum Gasteiger partial charge on any atom is 0.326 e. The van der Waals surface area contributed by atoms with Crippen LogP contribution in [0.1, 0.15) is 101 Å². The molecule has 5 heterocycles. The van der Waals surface area contributed by atoms with Crippen LogP contribution >= 0.6 is 0 Å². The van der Waals surface area contributed by atoms with Gasteiger partial charge in [-0.05, 0) is 109 Å². The van der Waals surface area contributed by atoms with Gasteiger partial charge in [-0.25, -0.2) is 9.78 Å². The van der Waals surface area contributed by atoms with Crippen molar-refractivity contribution in [1.82, 2.24) is 83.0 Å². The molecule has 1 saturated heterocycles. The summed E-state index contributed by atoms with van der Waals surface area (Å²) in [4.78, 5) is 213. The first kappa shape index (κ1) is 86.0. The van der Waals surface area contributed by atoms with Crippen molar-refractivity contribution in [1.29, 1.82) is 0 Å². The lowest BCUT2D eigenvalue weighted by atomic mass is 9.98. The number of unbranched alkanes of at least 4 members (excludes halogenated alkanes) is 1. The first-order chi connectivity index (χ1) is 54.9. The van der Waals surface area contributed by atoms with Crippen molar-refractivity contribution < 1.29 is 82.4 Å². The number of phenolic OH excluding ortho intramolecular Hbond substituents is 1. The molecule has 115 heavy (non-hydrogen) atoms. The highest BCUT2D eigenvalue weighted by Crippen LogP contribution is 2.26. The average molecular weight is 1590 g/mol. The third-order valence-corrected chi connectivity index (χ3v) is 19.9. The van der Waals surface area contributed by atoms with Gasteiger partial charge in [0.2, 0.25) is 70.9 Å². The average Bonchev–Trinajstić information content (AvgIpc) is 1.72. The molecule has 36 nitrogen and oxygen atoms in total. The second-order valence-corrected chi connectivity index (χ2v) is 29.2. The molecular weight excluding hydrogens is 1490 g/mol.